The van der Waals surface area contributed by atoms with Crippen LogP contribution in [0.3, 0.4) is 0 Å². The highest BCUT2D eigenvalue weighted by Gasteiger charge is 2.53. The van der Waals surface area contributed by atoms with Gasteiger partial charge < -0.3 is 9.47 Å². The summed E-state index contributed by atoms with van der Waals surface area (Å²) in [5, 5.41) is 0. The van der Waals surface area contributed by atoms with Crippen molar-refractivity contribution in [1.82, 2.24) is 0 Å². The van der Waals surface area contributed by atoms with E-state index in [1.54, 1.807) is 0 Å². The Kier molecular flexibility index (Phi) is 4.31. The molecular formula is C16H22O4. The van der Waals surface area contributed by atoms with Crippen LogP contribution < -0.4 is 0 Å². The number of hydrogen-bond acceptors (Lipinski definition) is 4. The lowest BCUT2D eigenvalue weighted by Gasteiger charge is -2.40. The van der Waals surface area contributed by atoms with Crippen molar-refractivity contribution < 1.29 is 19.1 Å². The number of ether oxygens (including phenoxy) is 2. The van der Waals surface area contributed by atoms with Crippen molar-refractivity contribution in [3.05, 3.63) is 23.8 Å². The van der Waals surface area contributed by atoms with Gasteiger partial charge in [0.15, 0.2) is 5.41 Å². The highest BCUT2D eigenvalue weighted by molar-refractivity contribution is 6.00. The van der Waals surface area contributed by atoms with Crippen LogP contribution in [0.5, 0.6) is 0 Å². The van der Waals surface area contributed by atoms with E-state index in [9.17, 15) is 9.59 Å². The third-order valence-corrected chi connectivity index (χ3v) is 4.60. The molecule has 0 fully saturated rings. The van der Waals surface area contributed by atoms with Gasteiger partial charge in [-0.05, 0) is 44.4 Å². The largest absolute Gasteiger partial charge is 0.468 e. The Morgan fingerprint density at radius 3 is 2.35 bits per heavy atom. The molecule has 110 valence electrons. The molecule has 0 amide bonds. The van der Waals surface area contributed by atoms with E-state index < -0.39 is 17.4 Å². The fraction of sp³-hybridized carbons (Fsp3) is 0.625. The molecule has 0 saturated heterocycles. The van der Waals surface area contributed by atoms with E-state index in [0.29, 0.717) is 12.8 Å². The van der Waals surface area contributed by atoms with Crippen LogP contribution >= 0.6 is 0 Å². The summed E-state index contributed by atoms with van der Waals surface area (Å²) in [6.07, 6.45) is 6.98. The number of rotatable bonds is 3. The van der Waals surface area contributed by atoms with Gasteiger partial charge >= 0.3 is 11.9 Å². The summed E-state index contributed by atoms with van der Waals surface area (Å²) in [5.74, 6) is -0.918. The molecule has 0 N–H and O–H groups in total. The Morgan fingerprint density at radius 2 is 1.80 bits per heavy atom. The van der Waals surface area contributed by atoms with E-state index in [0.717, 1.165) is 19.3 Å². The van der Waals surface area contributed by atoms with Gasteiger partial charge in [0.05, 0.1) is 14.2 Å². The van der Waals surface area contributed by atoms with Gasteiger partial charge in [-0.25, -0.2) is 0 Å². The smallest absolute Gasteiger partial charge is 0.323 e. The quantitative estimate of drug-likeness (QED) is 0.452. The van der Waals surface area contributed by atoms with Gasteiger partial charge in [0.2, 0.25) is 0 Å². The summed E-state index contributed by atoms with van der Waals surface area (Å²) in [6, 6.07) is 0. The molecule has 0 spiro atoms. The molecule has 1 atom stereocenters. The molecule has 0 bridgehead atoms. The monoisotopic (exact) mass is 278 g/mol. The average molecular weight is 278 g/mol. The van der Waals surface area contributed by atoms with Crippen molar-refractivity contribution in [3.63, 3.8) is 0 Å². The van der Waals surface area contributed by atoms with Gasteiger partial charge in [0, 0.05) is 0 Å². The zero-order valence-electron chi connectivity index (χ0n) is 12.2. The van der Waals surface area contributed by atoms with Crippen molar-refractivity contribution in [1.29, 1.82) is 0 Å². The first-order valence-corrected chi connectivity index (χ1v) is 7.09. The van der Waals surface area contributed by atoms with Crippen molar-refractivity contribution in [3.8, 4) is 0 Å². The normalized spacial score (nSPS) is 24.6. The van der Waals surface area contributed by atoms with Crippen molar-refractivity contribution in [2.75, 3.05) is 14.2 Å². The van der Waals surface area contributed by atoms with Gasteiger partial charge in [-0.1, -0.05) is 17.2 Å². The minimum atomic E-state index is -1.20. The number of esters is 2. The van der Waals surface area contributed by atoms with Crippen molar-refractivity contribution >= 4 is 11.9 Å². The maximum Gasteiger partial charge on any atom is 0.323 e. The van der Waals surface area contributed by atoms with E-state index in [4.69, 9.17) is 9.47 Å². The highest BCUT2D eigenvalue weighted by atomic mass is 16.5. The molecule has 2 aliphatic rings. The standard InChI is InChI=1S/C16H22O4/c1-4-11-9-16(14(17)19-2,15(18)20-3)10-12-7-5-6-8-13(11)12/h4,11H,1,5-10H2,2-3H3. The van der Waals surface area contributed by atoms with Crippen LogP contribution in [0.4, 0.5) is 0 Å². The van der Waals surface area contributed by atoms with Gasteiger partial charge in [-0.2, -0.15) is 0 Å². The summed E-state index contributed by atoms with van der Waals surface area (Å²) < 4.78 is 9.78. The SMILES string of the molecule is C=CC1CC(C(=O)OC)(C(=O)OC)CC2=C1CCCC2. The lowest BCUT2D eigenvalue weighted by Crippen LogP contribution is -2.45. The topological polar surface area (TPSA) is 52.6 Å². The number of hydrogen-bond donors (Lipinski definition) is 0. The molecule has 20 heavy (non-hydrogen) atoms. The summed E-state index contributed by atoms with van der Waals surface area (Å²) in [4.78, 5) is 24.5. The van der Waals surface area contributed by atoms with E-state index >= 15 is 0 Å². The Labute approximate surface area is 119 Å². The Morgan fingerprint density at radius 1 is 1.20 bits per heavy atom. The van der Waals surface area contributed by atoms with E-state index in [1.807, 2.05) is 6.08 Å². The zero-order chi connectivity index (χ0) is 14.8. The first kappa shape index (κ1) is 14.8. The molecular weight excluding hydrogens is 256 g/mol. The van der Waals surface area contributed by atoms with Gasteiger partial charge in [0.1, 0.15) is 0 Å². The Balaban J connectivity index is 2.45. The summed E-state index contributed by atoms with van der Waals surface area (Å²) in [7, 11) is 2.64. The first-order chi connectivity index (χ1) is 9.58. The highest BCUT2D eigenvalue weighted by Crippen LogP contribution is 2.49. The summed E-state index contributed by atoms with van der Waals surface area (Å²) >= 11 is 0. The van der Waals surface area contributed by atoms with Crippen LogP contribution in [-0.2, 0) is 19.1 Å². The van der Waals surface area contributed by atoms with Gasteiger partial charge in [0.25, 0.3) is 0 Å². The summed E-state index contributed by atoms with van der Waals surface area (Å²) in [6.45, 7) is 3.87. The average Bonchev–Trinajstić information content (AvgIpc) is 2.51. The predicted molar refractivity (Wildman–Crippen MR) is 74.9 cm³/mol. The molecule has 0 radical (unpaired) electrons. The number of methoxy groups -OCH3 is 2. The van der Waals surface area contributed by atoms with Crippen molar-refractivity contribution in [2.45, 2.75) is 38.5 Å². The second-order valence-corrected chi connectivity index (χ2v) is 5.62. The molecule has 0 aromatic carbocycles. The molecule has 4 nitrogen and oxygen atoms in total. The van der Waals surface area contributed by atoms with Crippen LogP contribution in [0.2, 0.25) is 0 Å². The van der Waals surface area contributed by atoms with E-state index in [1.165, 1.54) is 31.8 Å². The van der Waals surface area contributed by atoms with Crippen LogP contribution in [-0.4, -0.2) is 26.2 Å². The second kappa shape index (κ2) is 5.81. The molecule has 0 saturated carbocycles. The molecule has 4 heteroatoms. The lowest BCUT2D eigenvalue weighted by molar-refractivity contribution is -0.170. The zero-order valence-corrected chi connectivity index (χ0v) is 12.2. The third-order valence-electron chi connectivity index (χ3n) is 4.60. The maximum absolute atomic E-state index is 12.2. The van der Waals surface area contributed by atoms with Gasteiger partial charge in [-0.15, -0.1) is 6.58 Å². The fourth-order valence-electron chi connectivity index (χ4n) is 3.59. The molecule has 0 heterocycles. The molecule has 0 aromatic heterocycles. The molecule has 2 aliphatic carbocycles. The molecule has 2 rings (SSSR count). The lowest BCUT2D eigenvalue weighted by atomic mass is 9.64. The fourth-order valence-corrected chi connectivity index (χ4v) is 3.59. The van der Waals surface area contributed by atoms with Gasteiger partial charge in [-0.3, -0.25) is 9.59 Å². The maximum atomic E-state index is 12.2. The minimum absolute atomic E-state index is 0.0669. The predicted octanol–water partition coefficient (Wildman–Crippen LogP) is 2.79. The van der Waals surface area contributed by atoms with Crippen LogP contribution in [0.25, 0.3) is 0 Å². The van der Waals surface area contributed by atoms with Crippen molar-refractivity contribution in [2.24, 2.45) is 11.3 Å². The van der Waals surface area contributed by atoms with Crippen LogP contribution in [0.1, 0.15) is 38.5 Å². The van der Waals surface area contributed by atoms with E-state index in [2.05, 4.69) is 6.58 Å². The second-order valence-electron chi connectivity index (χ2n) is 5.62. The number of carbonyl (C=O) groups excluding carboxylic acids is 2. The number of carbonyl (C=O) groups is 2. The van der Waals surface area contributed by atoms with Crippen LogP contribution in [0.15, 0.2) is 23.8 Å². The first-order valence-electron chi connectivity index (χ1n) is 7.09. The molecule has 0 aromatic rings. The summed E-state index contributed by atoms with van der Waals surface area (Å²) in [5.41, 5.74) is 1.40. The van der Waals surface area contributed by atoms with E-state index in [-0.39, 0.29) is 5.92 Å². The number of allylic oxidation sites excluding steroid dienone is 3. The molecule has 1 unspecified atom stereocenters. The third kappa shape index (κ3) is 2.28. The Hall–Kier alpha value is -1.58. The minimum Gasteiger partial charge on any atom is -0.468 e. The van der Waals surface area contributed by atoms with Crippen LogP contribution in [0, 0.1) is 11.3 Å². The molecule has 0 aliphatic heterocycles. The Bertz CT molecular complexity index is 445.